The van der Waals surface area contributed by atoms with Crippen LogP contribution in [0.15, 0.2) is 4.42 Å². The normalized spacial score (nSPS) is 35.8. The van der Waals surface area contributed by atoms with E-state index in [0.29, 0.717) is 12.1 Å². The summed E-state index contributed by atoms with van der Waals surface area (Å²) in [6, 6.07) is 1.11. The summed E-state index contributed by atoms with van der Waals surface area (Å²) < 4.78 is 5.04. The molecule has 3 rings (SSSR count). The Morgan fingerprint density at radius 1 is 1.23 bits per heavy atom. The fourth-order valence-corrected chi connectivity index (χ4v) is 2.30. The van der Waals surface area contributed by atoms with Crippen molar-refractivity contribution in [2.45, 2.75) is 25.3 Å². The molecule has 70 valence electrons. The van der Waals surface area contributed by atoms with E-state index < -0.39 is 0 Å². The fraction of sp³-hybridized carbons (Fsp3) is 0.750. The Morgan fingerprint density at radius 3 is 2.62 bits per heavy atom. The maximum atomic E-state index is 5.31. The summed E-state index contributed by atoms with van der Waals surface area (Å²) in [7, 11) is 0. The van der Waals surface area contributed by atoms with Crippen molar-refractivity contribution in [3.63, 3.8) is 0 Å². The van der Waals surface area contributed by atoms with Crippen LogP contribution in [-0.2, 0) is 0 Å². The van der Waals surface area contributed by atoms with E-state index in [4.69, 9.17) is 10.2 Å². The summed E-state index contributed by atoms with van der Waals surface area (Å²) in [4.78, 5) is 0. The second kappa shape index (κ2) is 2.37. The molecule has 0 spiro atoms. The minimum absolute atomic E-state index is 0.130. The average molecular weight is 180 g/mol. The van der Waals surface area contributed by atoms with Gasteiger partial charge in [0.2, 0.25) is 0 Å². The number of nitrogens with zero attached hydrogens (tertiary/aromatic N) is 2. The Hall–Kier alpha value is -1.26. The molecule has 5 heteroatoms. The lowest BCUT2D eigenvalue weighted by molar-refractivity contribution is 0.557. The van der Waals surface area contributed by atoms with Gasteiger partial charge >= 0.3 is 12.0 Å². The first kappa shape index (κ1) is 7.17. The van der Waals surface area contributed by atoms with Crippen molar-refractivity contribution in [2.24, 2.45) is 11.8 Å². The van der Waals surface area contributed by atoms with E-state index in [1.807, 2.05) is 0 Å². The van der Waals surface area contributed by atoms with E-state index in [1.165, 1.54) is 19.3 Å². The van der Waals surface area contributed by atoms with Crippen molar-refractivity contribution in [3.05, 3.63) is 0 Å². The molecule has 2 unspecified atom stereocenters. The number of rotatable bonds is 2. The Morgan fingerprint density at radius 2 is 2.00 bits per heavy atom. The van der Waals surface area contributed by atoms with Crippen molar-refractivity contribution < 1.29 is 4.42 Å². The van der Waals surface area contributed by atoms with Crippen LogP contribution in [0.2, 0.25) is 0 Å². The largest absolute Gasteiger partial charge is 0.390 e. The molecule has 0 amide bonds. The molecule has 13 heavy (non-hydrogen) atoms. The SMILES string of the molecule is Nc1nnc(NC2CC3CC3C2)o1. The highest BCUT2D eigenvalue weighted by molar-refractivity contribution is 5.25. The first-order valence-electron chi connectivity index (χ1n) is 4.67. The van der Waals surface area contributed by atoms with Crippen LogP contribution in [0, 0.1) is 11.8 Å². The Kier molecular flexibility index (Phi) is 1.31. The molecular formula is C8H12N4O. The number of aromatic nitrogens is 2. The summed E-state index contributed by atoms with van der Waals surface area (Å²) in [6.45, 7) is 0. The van der Waals surface area contributed by atoms with Crippen molar-refractivity contribution in [1.29, 1.82) is 0 Å². The molecule has 2 atom stereocenters. The van der Waals surface area contributed by atoms with Crippen LogP contribution < -0.4 is 11.1 Å². The molecule has 0 radical (unpaired) electrons. The van der Waals surface area contributed by atoms with Gasteiger partial charge in [0.15, 0.2) is 0 Å². The van der Waals surface area contributed by atoms with Crippen LogP contribution in [0.1, 0.15) is 19.3 Å². The molecule has 5 nitrogen and oxygen atoms in total. The van der Waals surface area contributed by atoms with Gasteiger partial charge in [-0.3, -0.25) is 0 Å². The molecule has 0 aliphatic heterocycles. The summed E-state index contributed by atoms with van der Waals surface area (Å²) in [5.74, 6) is 1.91. The van der Waals surface area contributed by atoms with Gasteiger partial charge in [0.1, 0.15) is 0 Å². The number of hydrogen-bond donors (Lipinski definition) is 2. The van der Waals surface area contributed by atoms with E-state index >= 15 is 0 Å². The van der Waals surface area contributed by atoms with E-state index in [0.717, 1.165) is 11.8 Å². The lowest BCUT2D eigenvalue weighted by Crippen LogP contribution is -2.17. The van der Waals surface area contributed by atoms with Crippen LogP contribution in [0.4, 0.5) is 12.0 Å². The Bertz CT molecular complexity index is 314. The van der Waals surface area contributed by atoms with Crippen molar-refractivity contribution >= 4 is 12.0 Å². The zero-order valence-corrected chi connectivity index (χ0v) is 7.23. The highest BCUT2D eigenvalue weighted by Gasteiger charge is 2.46. The minimum Gasteiger partial charge on any atom is -0.390 e. The van der Waals surface area contributed by atoms with E-state index in [1.54, 1.807) is 0 Å². The van der Waals surface area contributed by atoms with Gasteiger partial charge in [0, 0.05) is 6.04 Å². The Balaban J connectivity index is 1.63. The molecule has 0 saturated heterocycles. The number of nitrogens with one attached hydrogen (secondary N) is 1. The van der Waals surface area contributed by atoms with Crippen LogP contribution >= 0.6 is 0 Å². The van der Waals surface area contributed by atoms with Crippen LogP contribution in [0.5, 0.6) is 0 Å². The number of nitrogen functional groups attached to an aromatic ring is 1. The van der Waals surface area contributed by atoms with Gasteiger partial charge in [-0.2, -0.15) is 0 Å². The maximum absolute atomic E-state index is 5.31. The van der Waals surface area contributed by atoms with Crippen molar-refractivity contribution in [1.82, 2.24) is 10.2 Å². The summed E-state index contributed by atoms with van der Waals surface area (Å²) >= 11 is 0. The molecule has 2 aliphatic rings. The van der Waals surface area contributed by atoms with Crippen LogP contribution in [0.25, 0.3) is 0 Å². The smallest absolute Gasteiger partial charge is 0.317 e. The maximum Gasteiger partial charge on any atom is 0.317 e. The molecular weight excluding hydrogens is 168 g/mol. The zero-order valence-electron chi connectivity index (χ0n) is 7.23. The van der Waals surface area contributed by atoms with Gasteiger partial charge in [-0.25, -0.2) is 0 Å². The quantitative estimate of drug-likeness (QED) is 0.705. The molecule has 0 bridgehead atoms. The summed E-state index contributed by atoms with van der Waals surface area (Å²) in [5.41, 5.74) is 5.31. The number of fused-ring (bicyclic) bond motifs is 1. The van der Waals surface area contributed by atoms with Gasteiger partial charge < -0.3 is 15.5 Å². The lowest BCUT2D eigenvalue weighted by atomic mass is 10.2. The predicted octanol–water partition coefficient (Wildman–Crippen LogP) is 0.862. The molecule has 3 N–H and O–H groups in total. The average Bonchev–Trinajstić information content (AvgIpc) is 2.55. The lowest BCUT2D eigenvalue weighted by Gasteiger charge is -2.10. The van der Waals surface area contributed by atoms with Gasteiger partial charge in [-0.1, -0.05) is 10.2 Å². The van der Waals surface area contributed by atoms with E-state index in [2.05, 4.69) is 15.5 Å². The highest BCUT2D eigenvalue weighted by atomic mass is 16.4. The first-order chi connectivity index (χ1) is 6.31. The second-order valence-electron chi connectivity index (χ2n) is 4.01. The molecule has 2 fully saturated rings. The fourth-order valence-electron chi connectivity index (χ4n) is 2.30. The Labute approximate surface area is 75.7 Å². The molecule has 1 aromatic rings. The standard InChI is InChI=1S/C8H12N4O/c9-7-11-12-8(13-7)10-6-2-4-1-5(4)3-6/h4-6H,1-3H2,(H2,9,11)(H,10,12). The molecule has 2 saturated carbocycles. The van der Waals surface area contributed by atoms with Crippen molar-refractivity contribution in [3.8, 4) is 0 Å². The van der Waals surface area contributed by atoms with E-state index in [9.17, 15) is 0 Å². The van der Waals surface area contributed by atoms with Gasteiger partial charge in [0.05, 0.1) is 0 Å². The number of nitrogens with two attached hydrogens (primary N) is 1. The molecule has 1 aromatic heterocycles. The number of anilines is 2. The van der Waals surface area contributed by atoms with Crippen LogP contribution in [0.3, 0.4) is 0 Å². The zero-order chi connectivity index (χ0) is 8.84. The predicted molar refractivity (Wildman–Crippen MR) is 47.0 cm³/mol. The number of hydrogen-bond acceptors (Lipinski definition) is 5. The summed E-state index contributed by atoms with van der Waals surface area (Å²) in [5, 5.41) is 10.6. The van der Waals surface area contributed by atoms with Gasteiger partial charge in [-0.05, 0) is 31.1 Å². The van der Waals surface area contributed by atoms with Crippen LogP contribution in [-0.4, -0.2) is 16.2 Å². The highest BCUT2D eigenvalue weighted by Crippen LogP contribution is 2.52. The van der Waals surface area contributed by atoms with Gasteiger partial charge in [-0.15, -0.1) is 0 Å². The second-order valence-corrected chi connectivity index (χ2v) is 4.01. The minimum atomic E-state index is 0.130. The topological polar surface area (TPSA) is 77.0 Å². The molecule has 2 aliphatic carbocycles. The molecule has 1 heterocycles. The third-order valence-corrected chi connectivity index (χ3v) is 3.01. The summed E-state index contributed by atoms with van der Waals surface area (Å²) in [6.07, 6.45) is 3.91. The first-order valence-corrected chi connectivity index (χ1v) is 4.67. The molecule has 0 aromatic carbocycles. The van der Waals surface area contributed by atoms with Crippen molar-refractivity contribution in [2.75, 3.05) is 11.1 Å². The third kappa shape index (κ3) is 1.24. The van der Waals surface area contributed by atoms with E-state index in [-0.39, 0.29) is 6.01 Å². The monoisotopic (exact) mass is 180 g/mol. The van der Waals surface area contributed by atoms with Gasteiger partial charge in [0.25, 0.3) is 0 Å². The third-order valence-electron chi connectivity index (χ3n) is 3.01.